The van der Waals surface area contributed by atoms with Gasteiger partial charge < -0.3 is 5.32 Å². The number of carbonyl (C=O) groups is 3. The molecule has 138 valence electrons. The SMILES string of the molecule is Cc1ccc(/C=C2/SC(=O)N(CC(=O)Nc3ccc(C)c(C)c3)C2=O)cc1. The van der Waals surface area contributed by atoms with Crippen LogP contribution in [0.1, 0.15) is 22.3 Å². The Labute approximate surface area is 162 Å². The number of carbonyl (C=O) groups excluding carboxylic acids is 3. The van der Waals surface area contributed by atoms with Gasteiger partial charge in [0, 0.05) is 5.69 Å². The second-order valence-corrected chi connectivity index (χ2v) is 7.52. The highest BCUT2D eigenvalue weighted by Crippen LogP contribution is 2.32. The van der Waals surface area contributed by atoms with Crippen LogP contribution in [0.5, 0.6) is 0 Å². The summed E-state index contributed by atoms with van der Waals surface area (Å²) in [5, 5.41) is 2.30. The molecule has 1 aliphatic heterocycles. The molecule has 2 aromatic carbocycles. The molecule has 0 atom stereocenters. The van der Waals surface area contributed by atoms with Gasteiger partial charge >= 0.3 is 0 Å². The summed E-state index contributed by atoms with van der Waals surface area (Å²) in [5.41, 5.74) is 4.78. The van der Waals surface area contributed by atoms with E-state index in [9.17, 15) is 14.4 Å². The first-order chi connectivity index (χ1) is 12.8. The number of nitrogens with zero attached hydrogens (tertiary/aromatic N) is 1. The van der Waals surface area contributed by atoms with Crippen LogP contribution in [0.4, 0.5) is 10.5 Å². The summed E-state index contributed by atoms with van der Waals surface area (Å²) >= 11 is 0.852. The number of imide groups is 1. The molecule has 3 rings (SSSR count). The molecule has 5 nitrogen and oxygen atoms in total. The summed E-state index contributed by atoms with van der Waals surface area (Å²) in [4.78, 5) is 38.3. The molecule has 1 aliphatic rings. The number of aryl methyl sites for hydroxylation is 3. The van der Waals surface area contributed by atoms with Crippen LogP contribution < -0.4 is 5.32 Å². The van der Waals surface area contributed by atoms with Crippen molar-refractivity contribution in [3.63, 3.8) is 0 Å². The summed E-state index contributed by atoms with van der Waals surface area (Å²) < 4.78 is 0. The van der Waals surface area contributed by atoms with Crippen molar-refractivity contribution < 1.29 is 14.4 Å². The molecule has 0 bridgehead atoms. The van der Waals surface area contributed by atoms with Gasteiger partial charge in [0.15, 0.2) is 0 Å². The minimum atomic E-state index is -0.444. The quantitative estimate of drug-likeness (QED) is 0.804. The van der Waals surface area contributed by atoms with Gasteiger partial charge in [-0.3, -0.25) is 19.3 Å². The molecule has 1 heterocycles. The van der Waals surface area contributed by atoms with E-state index in [2.05, 4.69) is 5.32 Å². The molecule has 2 aromatic rings. The average Bonchev–Trinajstić information content (AvgIpc) is 2.87. The number of hydrogen-bond acceptors (Lipinski definition) is 4. The van der Waals surface area contributed by atoms with E-state index in [4.69, 9.17) is 0 Å². The third-order valence-corrected chi connectivity index (χ3v) is 5.25. The first-order valence-electron chi connectivity index (χ1n) is 8.52. The molecule has 0 aromatic heterocycles. The van der Waals surface area contributed by atoms with Crippen molar-refractivity contribution in [2.75, 3.05) is 11.9 Å². The zero-order valence-electron chi connectivity index (χ0n) is 15.4. The second-order valence-electron chi connectivity index (χ2n) is 6.53. The number of nitrogens with one attached hydrogen (secondary N) is 1. The van der Waals surface area contributed by atoms with Crippen molar-refractivity contribution in [2.24, 2.45) is 0 Å². The molecule has 3 amide bonds. The normalized spacial score (nSPS) is 15.5. The molecule has 0 spiro atoms. The fourth-order valence-corrected chi connectivity index (χ4v) is 3.45. The van der Waals surface area contributed by atoms with Crippen molar-refractivity contribution >= 4 is 40.6 Å². The van der Waals surface area contributed by atoms with Crippen LogP contribution in [0.3, 0.4) is 0 Å². The summed E-state index contributed by atoms with van der Waals surface area (Å²) in [5.74, 6) is -0.849. The molecule has 1 N–H and O–H groups in total. The highest BCUT2D eigenvalue weighted by atomic mass is 32.2. The first kappa shape index (κ1) is 18.9. The molecule has 1 saturated heterocycles. The Kier molecular flexibility index (Phi) is 5.46. The van der Waals surface area contributed by atoms with Crippen molar-refractivity contribution in [3.05, 3.63) is 69.6 Å². The zero-order chi connectivity index (χ0) is 19.6. The summed E-state index contributed by atoms with van der Waals surface area (Å²) in [6.45, 7) is 5.62. The van der Waals surface area contributed by atoms with Crippen molar-refractivity contribution in [2.45, 2.75) is 20.8 Å². The molecule has 0 saturated carbocycles. The number of anilines is 1. The van der Waals surface area contributed by atoms with Crippen molar-refractivity contribution in [3.8, 4) is 0 Å². The lowest BCUT2D eigenvalue weighted by Crippen LogP contribution is -2.36. The van der Waals surface area contributed by atoms with Gasteiger partial charge in [-0.1, -0.05) is 35.9 Å². The lowest BCUT2D eigenvalue weighted by atomic mass is 10.1. The van der Waals surface area contributed by atoms with E-state index >= 15 is 0 Å². The Morgan fingerprint density at radius 3 is 2.41 bits per heavy atom. The third-order valence-electron chi connectivity index (χ3n) is 4.34. The monoisotopic (exact) mass is 380 g/mol. The van der Waals surface area contributed by atoms with E-state index in [0.717, 1.165) is 38.9 Å². The Hall–Kier alpha value is -2.86. The number of thioether (sulfide) groups is 1. The van der Waals surface area contributed by atoms with Crippen LogP contribution in [0.2, 0.25) is 0 Å². The smallest absolute Gasteiger partial charge is 0.294 e. The Balaban J connectivity index is 1.68. The topological polar surface area (TPSA) is 66.5 Å². The molecule has 0 radical (unpaired) electrons. The Morgan fingerprint density at radius 1 is 1.04 bits per heavy atom. The third kappa shape index (κ3) is 4.46. The van der Waals surface area contributed by atoms with Gasteiger partial charge in [0.2, 0.25) is 5.91 Å². The van der Waals surface area contributed by atoms with Crippen molar-refractivity contribution in [1.29, 1.82) is 0 Å². The molecule has 0 unspecified atom stereocenters. The predicted molar refractivity (Wildman–Crippen MR) is 108 cm³/mol. The number of rotatable bonds is 4. The van der Waals surface area contributed by atoms with Crippen LogP contribution in [-0.2, 0) is 9.59 Å². The Bertz CT molecular complexity index is 948. The lowest BCUT2D eigenvalue weighted by Gasteiger charge is -2.13. The maximum Gasteiger partial charge on any atom is 0.294 e. The number of benzene rings is 2. The molecular formula is C21H20N2O3S. The van der Waals surface area contributed by atoms with Gasteiger partial charge in [0.1, 0.15) is 6.54 Å². The van der Waals surface area contributed by atoms with E-state index < -0.39 is 17.1 Å². The highest BCUT2D eigenvalue weighted by Gasteiger charge is 2.36. The largest absolute Gasteiger partial charge is 0.325 e. The summed E-state index contributed by atoms with van der Waals surface area (Å²) in [6.07, 6.45) is 1.67. The lowest BCUT2D eigenvalue weighted by molar-refractivity contribution is -0.127. The van der Waals surface area contributed by atoms with Crippen LogP contribution >= 0.6 is 11.8 Å². The van der Waals surface area contributed by atoms with Crippen LogP contribution in [0.25, 0.3) is 6.08 Å². The number of amides is 3. The molecular weight excluding hydrogens is 360 g/mol. The van der Waals surface area contributed by atoms with E-state index in [1.165, 1.54) is 0 Å². The predicted octanol–water partition coefficient (Wildman–Crippen LogP) is 4.29. The van der Waals surface area contributed by atoms with Gasteiger partial charge in [0.25, 0.3) is 11.1 Å². The van der Waals surface area contributed by atoms with Gasteiger partial charge in [-0.05, 0) is 67.4 Å². The average molecular weight is 380 g/mol. The first-order valence-corrected chi connectivity index (χ1v) is 9.34. The maximum absolute atomic E-state index is 12.5. The van der Waals surface area contributed by atoms with Gasteiger partial charge in [-0.15, -0.1) is 0 Å². The fourth-order valence-electron chi connectivity index (χ4n) is 2.61. The standard InChI is InChI=1S/C21H20N2O3S/c1-13-4-7-16(8-5-13)11-18-20(25)23(21(26)27-18)12-19(24)22-17-9-6-14(2)15(3)10-17/h4-11H,12H2,1-3H3,(H,22,24)/b18-11+. The molecule has 27 heavy (non-hydrogen) atoms. The number of hydrogen-bond donors (Lipinski definition) is 1. The molecule has 0 aliphatic carbocycles. The molecule has 1 fully saturated rings. The van der Waals surface area contributed by atoms with Gasteiger partial charge in [0.05, 0.1) is 4.91 Å². The second kappa shape index (κ2) is 7.80. The minimum absolute atomic E-state index is 0.303. The van der Waals surface area contributed by atoms with E-state index in [-0.39, 0.29) is 6.54 Å². The van der Waals surface area contributed by atoms with Gasteiger partial charge in [-0.2, -0.15) is 0 Å². The van der Waals surface area contributed by atoms with Crippen LogP contribution in [0, 0.1) is 20.8 Å². The van der Waals surface area contributed by atoms with Crippen LogP contribution in [0.15, 0.2) is 47.4 Å². The summed E-state index contributed by atoms with van der Waals surface area (Å²) in [6, 6.07) is 13.2. The van der Waals surface area contributed by atoms with Crippen LogP contribution in [-0.4, -0.2) is 28.5 Å². The van der Waals surface area contributed by atoms with E-state index in [1.54, 1.807) is 12.1 Å². The zero-order valence-corrected chi connectivity index (χ0v) is 16.2. The minimum Gasteiger partial charge on any atom is -0.325 e. The maximum atomic E-state index is 12.5. The van der Waals surface area contributed by atoms with Gasteiger partial charge in [-0.25, -0.2) is 0 Å². The fraction of sp³-hybridized carbons (Fsp3) is 0.190. The van der Waals surface area contributed by atoms with Crippen molar-refractivity contribution in [1.82, 2.24) is 4.90 Å². The Morgan fingerprint density at radius 2 is 1.74 bits per heavy atom. The van der Waals surface area contributed by atoms with E-state index in [0.29, 0.717) is 10.6 Å². The highest BCUT2D eigenvalue weighted by molar-refractivity contribution is 8.18. The van der Waals surface area contributed by atoms with E-state index in [1.807, 2.05) is 57.2 Å². The molecule has 6 heteroatoms. The summed E-state index contributed by atoms with van der Waals surface area (Å²) in [7, 11) is 0.